The normalized spacial score (nSPS) is 10.4. The van der Waals surface area contributed by atoms with Crippen molar-refractivity contribution in [1.29, 1.82) is 5.26 Å². The van der Waals surface area contributed by atoms with Crippen molar-refractivity contribution in [2.45, 2.75) is 13.8 Å². The first-order chi connectivity index (χ1) is 11.6. The van der Waals surface area contributed by atoms with Crippen molar-refractivity contribution in [1.82, 2.24) is 15.3 Å². The summed E-state index contributed by atoms with van der Waals surface area (Å²) in [6, 6.07) is 9.51. The number of fused-ring (bicyclic) bond motifs is 1. The summed E-state index contributed by atoms with van der Waals surface area (Å²) < 4.78 is 0.945. The second-order valence-electron chi connectivity index (χ2n) is 5.15. The quantitative estimate of drug-likeness (QED) is 0.763. The van der Waals surface area contributed by atoms with Gasteiger partial charge in [0.2, 0.25) is 0 Å². The third-order valence-electron chi connectivity index (χ3n) is 3.48. The SMILES string of the molecule is CCNC(=O)Nc1nc2cccc(-c3cc(C)c(C#N)cn3)c2s1. The number of anilines is 1. The topological polar surface area (TPSA) is 90.7 Å². The molecule has 1 aromatic carbocycles. The lowest BCUT2D eigenvalue weighted by Gasteiger charge is -2.04. The number of pyridine rings is 1. The molecule has 0 fully saturated rings. The van der Waals surface area contributed by atoms with Gasteiger partial charge in [0.25, 0.3) is 0 Å². The van der Waals surface area contributed by atoms with Crippen LogP contribution in [-0.2, 0) is 0 Å². The summed E-state index contributed by atoms with van der Waals surface area (Å²) in [5, 5.41) is 15.0. The number of hydrogen-bond acceptors (Lipinski definition) is 5. The van der Waals surface area contributed by atoms with Gasteiger partial charge in [0, 0.05) is 18.3 Å². The number of hydrogen-bond donors (Lipinski definition) is 2. The van der Waals surface area contributed by atoms with Crippen molar-refractivity contribution in [3.05, 3.63) is 41.6 Å². The summed E-state index contributed by atoms with van der Waals surface area (Å²) in [6.07, 6.45) is 1.58. The van der Waals surface area contributed by atoms with E-state index in [4.69, 9.17) is 5.26 Å². The lowest BCUT2D eigenvalue weighted by Crippen LogP contribution is -2.28. The number of nitriles is 1. The van der Waals surface area contributed by atoms with Crippen molar-refractivity contribution in [3.8, 4) is 17.3 Å². The zero-order valence-corrected chi connectivity index (χ0v) is 14.1. The van der Waals surface area contributed by atoms with Gasteiger partial charge in [0.15, 0.2) is 5.13 Å². The second kappa shape index (κ2) is 6.64. The molecule has 24 heavy (non-hydrogen) atoms. The summed E-state index contributed by atoms with van der Waals surface area (Å²) in [4.78, 5) is 20.5. The number of thiazole rings is 1. The van der Waals surface area contributed by atoms with Crippen LogP contribution in [0.5, 0.6) is 0 Å². The Morgan fingerprint density at radius 3 is 2.96 bits per heavy atom. The Bertz CT molecular complexity index is 957. The van der Waals surface area contributed by atoms with Crippen molar-refractivity contribution in [2.75, 3.05) is 11.9 Å². The van der Waals surface area contributed by atoms with Crippen LogP contribution in [-0.4, -0.2) is 22.5 Å². The van der Waals surface area contributed by atoms with E-state index in [-0.39, 0.29) is 6.03 Å². The summed E-state index contributed by atoms with van der Waals surface area (Å²) in [5.41, 5.74) is 3.96. The Balaban J connectivity index is 2.03. The number of rotatable bonds is 3. The number of aromatic nitrogens is 2. The van der Waals surface area contributed by atoms with Gasteiger partial charge in [-0.2, -0.15) is 5.26 Å². The van der Waals surface area contributed by atoms with E-state index in [1.165, 1.54) is 11.3 Å². The molecule has 0 saturated heterocycles. The maximum absolute atomic E-state index is 11.7. The third-order valence-corrected chi connectivity index (χ3v) is 4.50. The van der Waals surface area contributed by atoms with Gasteiger partial charge in [-0.25, -0.2) is 9.78 Å². The van der Waals surface area contributed by atoms with Crippen LogP contribution in [0.15, 0.2) is 30.5 Å². The molecule has 0 aliphatic rings. The fourth-order valence-electron chi connectivity index (χ4n) is 2.33. The molecule has 0 spiro atoms. The summed E-state index contributed by atoms with van der Waals surface area (Å²) in [6.45, 7) is 4.30. The Kier molecular flexibility index (Phi) is 4.40. The fourth-order valence-corrected chi connectivity index (χ4v) is 3.31. The number of urea groups is 1. The minimum Gasteiger partial charge on any atom is -0.338 e. The zero-order chi connectivity index (χ0) is 17.1. The van der Waals surface area contributed by atoms with Gasteiger partial charge < -0.3 is 5.32 Å². The van der Waals surface area contributed by atoms with Gasteiger partial charge in [-0.3, -0.25) is 10.3 Å². The van der Waals surface area contributed by atoms with E-state index in [2.05, 4.69) is 26.7 Å². The highest BCUT2D eigenvalue weighted by Crippen LogP contribution is 2.34. The summed E-state index contributed by atoms with van der Waals surface area (Å²) >= 11 is 1.40. The molecule has 0 saturated carbocycles. The molecular weight excluding hydrogens is 322 g/mol. The predicted octanol–water partition coefficient (Wildman–Crippen LogP) is 3.68. The molecule has 2 aromatic heterocycles. The Morgan fingerprint density at radius 1 is 1.42 bits per heavy atom. The maximum Gasteiger partial charge on any atom is 0.321 e. The molecular formula is C17H15N5OS. The highest BCUT2D eigenvalue weighted by Gasteiger charge is 2.13. The lowest BCUT2D eigenvalue weighted by molar-refractivity contribution is 0.252. The second-order valence-corrected chi connectivity index (χ2v) is 6.15. The van der Waals surface area contributed by atoms with Crippen LogP contribution in [0.25, 0.3) is 21.5 Å². The first-order valence-corrected chi connectivity index (χ1v) is 8.25. The molecule has 0 aliphatic carbocycles. The minimum atomic E-state index is -0.273. The zero-order valence-electron chi connectivity index (χ0n) is 13.3. The first kappa shape index (κ1) is 15.9. The number of amides is 2. The Hall–Kier alpha value is -2.98. The predicted molar refractivity (Wildman–Crippen MR) is 95.0 cm³/mol. The van der Waals surface area contributed by atoms with Crippen LogP contribution in [0.1, 0.15) is 18.1 Å². The highest BCUT2D eigenvalue weighted by molar-refractivity contribution is 7.22. The number of carbonyl (C=O) groups excluding carboxylic acids is 1. The van der Waals surface area contributed by atoms with Crippen molar-refractivity contribution >= 4 is 32.7 Å². The van der Waals surface area contributed by atoms with E-state index < -0.39 is 0 Å². The average Bonchev–Trinajstić information content (AvgIpc) is 2.97. The van der Waals surface area contributed by atoms with Crippen LogP contribution in [0, 0.1) is 18.3 Å². The summed E-state index contributed by atoms with van der Waals surface area (Å²) in [5.74, 6) is 0. The number of nitrogens with one attached hydrogen (secondary N) is 2. The van der Waals surface area contributed by atoms with Gasteiger partial charge >= 0.3 is 6.03 Å². The molecule has 0 radical (unpaired) electrons. The molecule has 3 aromatic rings. The van der Waals surface area contributed by atoms with Crippen LogP contribution < -0.4 is 10.6 Å². The van der Waals surface area contributed by atoms with Gasteiger partial charge in [-0.1, -0.05) is 23.5 Å². The highest BCUT2D eigenvalue weighted by atomic mass is 32.1. The van der Waals surface area contributed by atoms with Gasteiger partial charge in [-0.15, -0.1) is 0 Å². The molecule has 3 rings (SSSR count). The van der Waals surface area contributed by atoms with E-state index in [0.717, 1.165) is 27.0 Å². The fraction of sp³-hybridized carbons (Fsp3) is 0.176. The van der Waals surface area contributed by atoms with Crippen molar-refractivity contribution in [3.63, 3.8) is 0 Å². The minimum absolute atomic E-state index is 0.273. The molecule has 7 heteroatoms. The number of benzene rings is 1. The lowest BCUT2D eigenvalue weighted by atomic mass is 10.1. The van der Waals surface area contributed by atoms with E-state index >= 15 is 0 Å². The smallest absolute Gasteiger partial charge is 0.321 e. The molecule has 2 N–H and O–H groups in total. The number of nitrogens with zero attached hydrogens (tertiary/aromatic N) is 3. The maximum atomic E-state index is 11.7. The first-order valence-electron chi connectivity index (χ1n) is 7.44. The van der Waals surface area contributed by atoms with E-state index in [1.54, 1.807) is 6.20 Å². The van der Waals surface area contributed by atoms with Crippen LogP contribution in [0.2, 0.25) is 0 Å². The Labute approximate surface area is 143 Å². The Morgan fingerprint density at radius 2 is 2.25 bits per heavy atom. The van der Waals surface area contributed by atoms with Crippen LogP contribution in [0.4, 0.5) is 9.93 Å². The summed E-state index contributed by atoms with van der Waals surface area (Å²) in [7, 11) is 0. The molecule has 2 heterocycles. The van der Waals surface area contributed by atoms with Gasteiger partial charge in [0.1, 0.15) is 6.07 Å². The molecule has 0 aliphatic heterocycles. The molecule has 6 nitrogen and oxygen atoms in total. The van der Waals surface area contributed by atoms with E-state index in [0.29, 0.717) is 17.2 Å². The monoisotopic (exact) mass is 337 g/mol. The molecule has 2 amide bonds. The van der Waals surface area contributed by atoms with E-state index in [1.807, 2.05) is 38.1 Å². The van der Waals surface area contributed by atoms with Gasteiger partial charge in [-0.05, 0) is 31.5 Å². The number of aryl methyl sites for hydroxylation is 1. The van der Waals surface area contributed by atoms with Gasteiger partial charge in [0.05, 0.1) is 21.5 Å². The third kappa shape index (κ3) is 3.05. The molecule has 0 atom stereocenters. The molecule has 120 valence electrons. The molecule has 0 unspecified atom stereocenters. The van der Waals surface area contributed by atoms with Crippen molar-refractivity contribution in [2.24, 2.45) is 0 Å². The van der Waals surface area contributed by atoms with E-state index in [9.17, 15) is 4.79 Å². The van der Waals surface area contributed by atoms with Crippen molar-refractivity contribution < 1.29 is 4.79 Å². The van der Waals surface area contributed by atoms with Crippen LogP contribution in [0.3, 0.4) is 0 Å². The van der Waals surface area contributed by atoms with Crippen LogP contribution >= 0.6 is 11.3 Å². The largest absolute Gasteiger partial charge is 0.338 e. The molecule has 0 bridgehead atoms. The standard InChI is InChI=1S/C17H15N5OS/c1-3-19-16(23)22-17-21-13-6-4-5-12(15(13)24-17)14-7-10(2)11(8-18)9-20-14/h4-7,9H,3H2,1-2H3,(H2,19,21,22,23). The average molecular weight is 337 g/mol. The number of carbonyl (C=O) groups is 1.